The molecule has 2 heterocycles. The maximum Gasteiger partial charge on any atom is 0.261 e. The monoisotopic (exact) mass is 385 g/mol. The van der Waals surface area contributed by atoms with Crippen LogP contribution in [0.1, 0.15) is 30.4 Å². The van der Waals surface area contributed by atoms with Crippen LogP contribution >= 0.6 is 0 Å². The molecule has 4 rings (SSSR count). The van der Waals surface area contributed by atoms with Crippen LogP contribution in [0.4, 0.5) is 17.1 Å². The van der Waals surface area contributed by atoms with Crippen molar-refractivity contribution >= 4 is 33.0 Å². The number of anilines is 3. The van der Waals surface area contributed by atoms with Crippen LogP contribution in [-0.2, 0) is 21.2 Å². The molecule has 7 heteroatoms. The Hall–Kier alpha value is -2.54. The summed E-state index contributed by atoms with van der Waals surface area (Å²) in [6.07, 6.45) is 3.79. The minimum absolute atomic E-state index is 0.113. The number of aryl methyl sites for hydroxylation is 1. The Morgan fingerprint density at radius 3 is 2.59 bits per heavy atom. The molecule has 27 heavy (non-hydrogen) atoms. The first-order valence-corrected chi connectivity index (χ1v) is 10.7. The van der Waals surface area contributed by atoms with E-state index in [4.69, 9.17) is 0 Å². The molecule has 0 unspecified atom stereocenters. The van der Waals surface area contributed by atoms with Gasteiger partial charge in [0.15, 0.2) is 0 Å². The molecular formula is C20H23N3O3S. The minimum atomic E-state index is -3.73. The molecule has 0 aliphatic carbocycles. The Morgan fingerprint density at radius 2 is 1.81 bits per heavy atom. The molecule has 0 saturated carbocycles. The second-order valence-electron chi connectivity index (χ2n) is 7.20. The van der Waals surface area contributed by atoms with E-state index >= 15 is 0 Å². The van der Waals surface area contributed by atoms with Crippen molar-refractivity contribution in [2.45, 2.75) is 37.5 Å². The van der Waals surface area contributed by atoms with Gasteiger partial charge in [-0.3, -0.25) is 9.52 Å². The molecule has 2 aromatic rings. The number of benzene rings is 2. The lowest BCUT2D eigenvalue weighted by Crippen LogP contribution is -2.29. The molecule has 2 aromatic carbocycles. The van der Waals surface area contributed by atoms with Crippen LogP contribution < -0.4 is 14.9 Å². The molecule has 6 nitrogen and oxygen atoms in total. The van der Waals surface area contributed by atoms with Crippen LogP contribution in [0.3, 0.4) is 0 Å². The van der Waals surface area contributed by atoms with Gasteiger partial charge in [0.1, 0.15) is 0 Å². The third kappa shape index (κ3) is 3.64. The smallest absolute Gasteiger partial charge is 0.261 e. The molecule has 2 aliphatic rings. The van der Waals surface area contributed by atoms with Crippen molar-refractivity contribution in [2.24, 2.45) is 0 Å². The van der Waals surface area contributed by atoms with Crippen LogP contribution in [0.15, 0.2) is 41.3 Å². The van der Waals surface area contributed by atoms with Gasteiger partial charge in [-0.2, -0.15) is 0 Å². The summed E-state index contributed by atoms with van der Waals surface area (Å²) in [7, 11) is -3.73. The van der Waals surface area contributed by atoms with E-state index in [-0.39, 0.29) is 17.2 Å². The number of fused-ring (bicyclic) bond motifs is 1. The zero-order valence-corrected chi connectivity index (χ0v) is 16.1. The van der Waals surface area contributed by atoms with Gasteiger partial charge in [-0.1, -0.05) is 6.07 Å². The van der Waals surface area contributed by atoms with Gasteiger partial charge < -0.3 is 10.2 Å². The number of nitrogens with one attached hydrogen (secondary N) is 2. The number of piperidine rings is 1. The first-order valence-electron chi connectivity index (χ1n) is 9.23. The Morgan fingerprint density at radius 1 is 1.04 bits per heavy atom. The van der Waals surface area contributed by atoms with Gasteiger partial charge in [0.05, 0.1) is 17.0 Å². The van der Waals surface area contributed by atoms with Gasteiger partial charge in [-0.15, -0.1) is 0 Å². The number of hydrogen-bond acceptors (Lipinski definition) is 4. The summed E-state index contributed by atoms with van der Waals surface area (Å²) in [6, 6.07) is 10.6. The highest BCUT2D eigenvalue weighted by Gasteiger charge is 2.22. The fourth-order valence-electron chi connectivity index (χ4n) is 3.65. The minimum Gasteiger partial charge on any atom is -0.371 e. The molecule has 0 spiro atoms. The second kappa shape index (κ2) is 6.88. The summed E-state index contributed by atoms with van der Waals surface area (Å²) in [5.74, 6) is -0.113. The number of carbonyl (C=O) groups excluding carboxylic acids is 1. The van der Waals surface area contributed by atoms with Crippen molar-refractivity contribution in [2.75, 3.05) is 28.0 Å². The van der Waals surface area contributed by atoms with Gasteiger partial charge in [0.25, 0.3) is 10.0 Å². The largest absolute Gasteiger partial charge is 0.371 e. The maximum absolute atomic E-state index is 12.9. The molecule has 1 amide bonds. The average Bonchev–Trinajstić information content (AvgIpc) is 3.03. The van der Waals surface area contributed by atoms with Gasteiger partial charge in [0.2, 0.25) is 5.91 Å². The average molecular weight is 385 g/mol. The van der Waals surface area contributed by atoms with Crippen LogP contribution in [0.5, 0.6) is 0 Å². The summed E-state index contributed by atoms with van der Waals surface area (Å²) in [4.78, 5) is 14.0. The fraction of sp³-hybridized carbons (Fsp3) is 0.350. The lowest BCUT2D eigenvalue weighted by atomic mass is 10.1. The van der Waals surface area contributed by atoms with Crippen molar-refractivity contribution in [1.82, 2.24) is 0 Å². The molecule has 2 aliphatic heterocycles. The van der Waals surface area contributed by atoms with Gasteiger partial charge >= 0.3 is 0 Å². The number of sulfonamides is 1. The third-order valence-electron chi connectivity index (χ3n) is 5.20. The number of rotatable bonds is 4. The van der Waals surface area contributed by atoms with Crippen LogP contribution in [-0.4, -0.2) is 27.4 Å². The normalized spacial score (nSPS) is 16.8. The first-order chi connectivity index (χ1) is 12.9. The number of amides is 1. The molecule has 1 saturated heterocycles. The maximum atomic E-state index is 12.9. The highest BCUT2D eigenvalue weighted by atomic mass is 32.2. The number of nitrogens with zero attached hydrogens (tertiary/aromatic N) is 1. The van der Waals surface area contributed by atoms with Crippen LogP contribution in [0.2, 0.25) is 0 Å². The van der Waals surface area contributed by atoms with Crippen molar-refractivity contribution in [3.63, 3.8) is 0 Å². The molecule has 0 aromatic heterocycles. The van der Waals surface area contributed by atoms with Gasteiger partial charge in [-0.25, -0.2) is 8.42 Å². The zero-order valence-electron chi connectivity index (χ0n) is 15.3. The first kappa shape index (κ1) is 17.9. The number of hydrogen-bond donors (Lipinski definition) is 2. The van der Waals surface area contributed by atoms with E-state index in [2.05, 4.69) is 14.9 Å². The summed E-state index contributed by atoms with van der Waals surface area (Å²) >= 11 is 0. The molecule has 0 atom stereocenters. The van der Waals surface area contributed by atoms with E-state index in [9.17, 15) is 13.2 Å². The highest BCUT2D eigenvalue weighted by molar-refractivity contribution is 7.92. The van der Waals surface area contributed by atoms with E-state index in [0.29, 0.717) is 16.9 Å². The number of carbonyl (C=O) groups is 1. The Kier molecular flexibility index (Phi) is 4.55. The van der Waals surface area contributed by atoms with Crippen LogP contribution in [0, 0.1) is 6.92 Å². The van der Waals surface area contributed by atoms with Gasteiger partial charge in [0, 0.05) is 24.5 Å². The van der Waals surface area contributed by atoms with E-state index < -0.39 is 10.0 Å². The quantitative estimate of drug-likeness (QED) is 0.847. The van der Waals surface area contributed by atoms with Crippen molar-refractivity contribution in [1.29, 1.82) is 0 Å². The second-order valence-corrected chi connectivity index (χ2v) is 8.88. The van der Waals surface area contributed by atoms with Crippen molar-refractivity contribution < 1.29 is 13.2 Å². The topological polar surface area (TPSA) is 78.5 Å². The Bertz CT molecular complexity index is 996. The third-order valence-corrected chi connectivity index (χ3v) is 6.56. The molecule has 0 bridgehead atoms. The molecule has 1 fully saturated rings. The highest BCUT2D eigenvalue weighted by Crippen LogP contribution is 2.30. The molecular weight excluding hydrogens is 362 g/mol. The lowest BCUT2D eigenvalue weighted by molar-refractivity contribution is -0.115. The summed E-state index contributed by atoms with van der Waals surface area (Å²) in [5.41, 5.74) is 3.90. The fourth-order valence-corrected chi connectivity index (χ4v) is 4.82. The summed E-state index contributed by atoms with van der Waals surface area (Å²) in [5, 5.41) is 2.72. The van der Waals surface area contributed by atoms with E-state index in [1.807, 2.05) is 25.1 Å². The predicted molar refractivity (Wildman–Crippen MR) is 107 cm³/mol. The van der Waals surface area contributed by atoms with E-state index in [0.717, 1.165) is 37.2 Å². The lowest BCUT2D eigenvalue weighted by Gasteiger charge is -2.29. The van der Waals surface area contributed by atoms with Crippen molar-refractivity contribution in [3.8, 4) is 0 Å². The molecule has 142 valence electrons. The standard InChI is InChI=1S/C20H23N3O3S/c1-14-5-6-16(23-9-3-2-4-10-23)13-19(14)22-27(25,26)17-7-8-18-15(11-17)12-20(24)21-18/h5-8,11,13,22H,2-4,9-10,12H2,1H3,(H,21,24). The van der Waals surface area contributed by atoms with Crippen molar-refractivity contribution in [3.05, 3.63) is 47.5 Å². The summed E-state index contributed by atoms with van der Waals surface area (Å²) in [6.45, 7) is 3.89. The van der Waals surface area contributed by atoms with Gasteiger partial charge in [-0.05, 0) is 67.6 Å². The molecule has 2 N–H and O–H groups in total. The van der Waals surface area contributed by atoms with E-state index in [1.54, 1.807) is 12.1 Å². The SMILES string of the molecule is Cc1ccc(N2CCCCC2)cc1NS(=O)(=O)c1ccc2c(c1)CC(=O)N2. The van der Waals surface area contributed by atoms with E-state index in [1.165, 1.54) is 12.5 Å². The van der Waals surface area contributed by atoms with Crippen LogP contribution in [0.25, 0.3) is 0 Å². The zero-order chi connectivity index (χ0) is 19.0. The Balaban J connectivity index is 1.61. The molecule has 0 radical (unpaired) electrons. The predicted octanol–water partition coefficient (Wildman–Crippen LogP) is 3.28. The summed E-state index contributed by atoms with van der Waals surface area (Å²) < 4.78 is 28.5. The Labute approximate surface area is 159 Å².